The van der Waals surface area contributed by atoms with E-state index in [1.807, 2.05) is 6.92 Å². The van der Waals surface area contributed by atoms with E-state index in [0.29, 0.717) is 12.3 Å². The molecule has 2 atom stereocenters. The van der Waals surface area contributed by atoms with E-state index >= 15 is 0 Å². The third-order valence-corrected chi connectivity index (χ3v) is 2.68. The molecule has 3 heteroatoms. The summed E-state index contributed by atoms with van der Waals surface area (Å²) in [6.45, 7) is 1.90. The molecule has 1 aliphatic carbocycles. The minimum Gasteiger partial charge on any atom is -0.281 e. The highest BCUT2D eigenvalue weighted by molar-refractivity contribution is 6.63. The van der Waals surface area contributed by atoms with Gasteiger partial charge < -0.3 is 0 Å². The molecule has 0 spiro atoms. The van der Waals surface area contributed by atoms with Crippen molar-refractivity contribution in [2.45, 2.75) is 32.6 Å². The predicted octanol–water partition coefficient (Wildman–Crippen LogP) is 3.70. The monoisotopic (exact) mass is 220 g/mol. The lowest BCUT2D eigenvalue weighted by Crippen LogP contribution is -1.87. The van der Waals surface area contributed by atoms with Crippen molar-refractivity contribution >= 4 is 28.4 Å². The molecule has 0 saturated heterocycles. The minimum absolute atomic E-state index is 0.221. The molecule has 0 N–H and O–H groups in total. The zero-order valence-electron chi connectivity index (χ0n) is 7.72. The van der Waals surface area contributed by atoms with Crippen LogP contribution in [0.2, 0.25) is 0 Å². The number of halogens is 2. The van der Waals surface area contributed by atoms with E-state index in [9.17, 15) is 4.79 Å². The van der Waals surface area contributed by atoms with E-state index in [-0.39, 0.29) is 5.24 Å². The molecule has 0 aromatic carbocycles. The molecular formula is C10H14Cl2O. The Labute approximate surface area is 89.1 Å². The molecule has 0 amide bonds. The van der Waals surface area contributed by atoms with Crippen LogP contribution in [-0.2, 0) is 4.79 Å². The van der Waals surface area contributed by atoms with E-state index < -0.39 is 0 Å². The molecule has 0 radical (unpaired) electrons. The second-order valence-electron chi connectivity index (χ2n) is 3.66. The van der Waals surface area contributed by atoms with Crippen molar-refractivity contribution in [3.63, 3.8) is 0 Å². The van der Waals surface area contributed by atoms with Crippen LogP contribution in [0.3, 0.4) is 0 Å². The first-order valence-corrected chi connectivity index (χ1v) is 5.37. The molecular weight excluding hydrogens is 207 g/mol. The molecule has 1 nitrogen and oxygen atoms in total. The van der Waals surface area contributed by atoms with Crippen LogP contribution in [0.15, 0.2) is 11.1 Å². The molecule has 0 aliphatic heterocycles. The van der Waals surface area contributed by atoms with Crippen molar-refractivity contribution in [2.75, 3.05) is 0 Å². The second kappa shape index (κ2) is 5.02. The molecule has 0 aromatic rings. The van der Waals surface area contributed by atoms with Crippen molar-refractivity contribution in [1.82, 2.24) is 0 Å². The highest BCUT2D eigenvalue weighted by Crippen LogP contribution is 2.44. The van der Waals surface area contributed by atoms with Gasteiger partial charge in [0, 0.05) is 11.5 Å². The van der Waals surface area contributed by atoms with Gasteiger partial charge in [0.25, 0.3) is 0 Å². The van der Waals surface area contributed by atoms with Crippen LogP contribution in [0.5, 0.6) is 0 Å². The van der Waals surface area contributed by atoms with Crippen LogP contribution >= 0.6 is 23.2 Å². The fourth-order valence-electron chi connectivity index (χ4n) is 1.61. The quantitative estimate of drug-likeness (QED) is 0.647. The van der Waals surface area contributed by atoms with Gasteiger partial charge >= 0.3 is 0 Å². The highest BCUT2D eigenvalue weighted by atomic mass is 35.5. The molecule has 1 fully saturated rings. The molecule has 0 heterocycles. The Morgan fingerprint density at radius 3 is 2.77 bits per heavy atom. The van der Waals surface area contributed by atoms with Gasteiger partial charge in [0.15, 0.2) is 0 Å². The third-order valence-electron chi connectivity index (χ3n) is 2.37. The molecule has 1 aliphatic rings. The first-order chi connectivity index (χ1) is 6.09. The van der Waals surface area contributed by atoms with Gasteiger partial charge in [-0.15, -0.1) is 0 Å². The summed E-state index contributed by atoms with van der Waals surface area (Å²) in [5, 5.41) is 0.655. The first-order valence-electron chi connectivity index (χ1n) is 4.62. The standard InChI is InChI=1S/C10H14Cl2O/c1-7(11)5-9-6-8(9)3-2-4-10(12)13/h5,8-9H,2-4,6H2,1H3/b7-5+/t8-,9?/m1/s1. The van der Waals surface area contributed by atoms with Gasteiger partial charge in [-0.1, -0.05) is 17.7 Å². The second-order valence-corrected chi connectivity index (χ2v) is 4.68. The molecule has 0 bridgehead atoms. The molecule has 74 valence electrons. The molecule has 13 heavy (non-hydrogen) atoms. The summed E-state index contributed by atoms with van der Waals surface area (Å²) in [6, 6.07) is 0. The van der Waals surface area contributed by atoms with E-state index in [4.69, 9.17) is 23.2 Å². The van der Waals surface area contributed by atoms with E-state index in [1.165, 1.54) is 6.42 Å². The normalized spacial score (nSPS) is 27.5. The average molecular weight is 221 g/mol. The maximum Gasteiger partial charge on any atom is 0.221 e. The SMILES string of the molecule is C/C(Cl)=C\C1C[C@H]1CCCC(=O)Cl. The Balaban J connectivity index is 2.08. The number of hydrogen-bond acceptors (Lipinski definition) is 1. The van der Waals surface area contributed by atoms with E-state index in [1.54, 1.807) is 0 Å². The summed E-state index contributed by atoms with van der Waals surface area (Å²) in [7, 11) is 0. The Hall–Kier alpha value is -0.0100. The number of carbonyl (C=O) groups is 1. The minimum atomic E-state index is -0.221. The fourth-order valence-corrected chi connectivity index (χ4v) is 1.90. The summed E-state index contributed by atoms with van der Waals surface area (Å²) in [5.74, 6) is 1.40. The van der Waals surface area contributed by atoms with Crippen molar-refractivity contribution < 1.29 is 4.79 Å². The molecule has 0 aromatic heterocycles. The van der Waals surface area contributed by atoms with Crippen LogP contribution in [-0.4, -0.2) is 5.24 Å². The van der Waals surface area contributed by atoms with Crippen LogP contribution in [0.4, 0.5) is 0 Å². The van der Waals surface area contributed by atoms with Crippen molar-refractivity contribution in [3.05, 3.63) is 11.1 Å². The van der Waals surface area contributed by atoms with Crippen molar-refractivity contribution in [1.29, 1.82) is 0 Å². The van der Waals surface area contributed by atoms with E-state index in [0.717, 1.165) is 23.8 Å². The topological polar surface area (TPSA) is 17.1 Å². The van der Waals surface area contributed by atoms with Gasteiger partial charge in [-0.3, -0.25) is 4.79 Å². The van der Waals surface area contributed by atoms with Crippen LogP contribution in [0.1, 0.15) is 32.6 Å². The van der Waals surface area contributed by atoms with Crippen LogP contribution < -0.4 is 0 Å². The number of hydrogen-bond donors (Lipinski definition) is 0. The van der Waals surface area contributed by atoms with E-state index in [2.05, 4.69) is 6.08 Å². The van der Waals surface area contributed by atoms with Gasteiger partial charge in [0.1, 0.15) is 0 Å². The fraction of sp³-hybridized carbons (Fsp3) is 0.700. The zero-order valence-corrected chi connectivity index (χ0v) is 9.24. The summed E-state index contributed by atoms with van der Waals surface area (Å²) >= 11 is 11.0. The van der Waals surface area contributed by atoms with Gasteiger partial charge in [-0.25, -0.2) is 0 Å². The van der Waals surface area contributed by atoms with Crippen LogP contribution in [0, 0.1) is 11.8 Å². The first kappa shape index (κ1) is 11.1. The summed E-state index contributed by atoms with van der Waals surface area (Å²) < 4.78 is 0. The lowest BCUT2D eigenvalue weighted by atomic mass is 10.1. The van der Waals surface area contributed by atoms with Gasteiger partial charge in [-0.2, -0.15) is 0 Å². The largest absolute Gasteiger partial charge is 0.281 e. The number of carbonyl (C=O) groups excluding carboxylic acids is 1. The number of rotatable bonds is 5. The average Bonchev–Trinajstić information content (AvgIpc) is 2.65. The lowest BCUT2D eigenvalue weighted by Gasteiger charge is -1.94. The lowest BCUT2D eigenvalue weighted by molar-refractivity contribution is -0.111. The number of allylic oxidation sites excluding steroid dienone is 2. The summed E-state index contributed by atoms with van der Waals surface area (Å²) in [4.78, 5) is 10.4. The van der Waals surface area contributed by atoms with Gasteiger partial charge in [0.05, 0.1) is 0 Å². The Kier molecular flexibility index (Phi) is 4.27. The zero-order chi connectivity index (χ0) is 9.84. The highest BCUT2D eigenvalue weighted by Gasteiger charge is 2.34. The predicted molar refractivity (Wildman–Crippen MR) is 55.9 cm³/mol. The van der Waals surface area contributed by atoms with Crippen LogP contribution in [0.25, 0.3) is 0 Å². The van der Waals surface area contributed by atoms with Gasteiger partial charge in [0.2, 0.25) is 5.24 Å². The Bertz CT molecular complexity index is 219. The molecule has 1 unspecified atom stereocenters. The van der Waals surface area contributed by atoms with Crippen molar-refractivity contribution in [2.24, 2.45) is 11.8 Å². The van der Waals surface area contributed by atoms with Gasteiger partial charge in [-0.05, 0) is 49.6 Å². The Morgan fingerprint density at radius 1 is 1.54 bits per heavy atom. The summed E-state index contributed by atoms with van der Waals surface area (Å²) in [5.41, 5.74) is 0. The molecule has 1 saturated carbocycles. The Morgan fingerprint density at radius 2 is 2.23 bits per heavy atom. The molecule has 1 rings (SSSR count). The third kappa shape index (κ3) is 4.68. The smallest absolute Gasteiger partial charge is 0.221 e. The maximum atomic E-state index is 10.4. The maximum absolute atomic E-state index is 10.4. The summed E-state index contributed by atoms with van der Waals surface area (Å²) in [6.07, 6.45) is 5.85. The van der Waals surface area contributed by atoms with Crippen molar-refractivity contribution in [3.8, 4) is 0 Å².